The molecule has 0 saturated heterocycles. The van der Waals surface area contributed by atoms with E-state index >= 15 is 0 Å². The SMILES string of the molecule is CCCN(C(=O)OCOC(=O)N(C)C)C1CCc2nc(N)sc2C1. The Morgan fingerprint density at radius 2 is 2.04 bits per heavy atom. The van der Waals surface area contributed by atoms with Crippen molar-refractivity contribution in [2.45, 2.75) is 38.6 Å². The maximum Gasteiger partial charge on any atom is 0.412 e. The molecule has 1 aliphatic rings. The summed E-state index contributed by atoms with van der Waals surface area (Å²) in [4.78, 5) is 32.1. The molecule has 1 aromatic heterocycles. The highest BCUT2D eigenvalue weighted by Crippen LogP contribution is 2.30. The van der Waals surface area contributed by atoms with Crippen LogP contribution in [-0.2, 0) is 22.3 Å². The van der Waals surface area contributed by atoms with Crippen molar-refractivity contribution in [3.8, 4) is 0 Å². The summed E-state index contributed by atoms with van der Waals surface area (Å²) in [6.45, 7) is 2.21. The third kappa shape index (κ3) is 4.50. The maximum absolute atomic E-state index is 12.4. The first-order valence-corrected chi connectivity index (χ1v) is 8.75. The standard InChI is InChI=1S/C15H24N4O4S/c1-4-7-19(15(21)23-9-22-14(20)18(2)3)10-5-6-11-12(8-10)24-13(16)17-11/h10H,4-9H2,1-3H3,(H2,16,17). The third-order valence-electron chi connectivity index (χ3n) is 3.80. The van der Waals surface area contributed by atoms with Crippen molar-refractivity contribution in [1.82, 2.24) is 14.8 Å². The number of rotatable bonds is 5. The second kappa shape index (κ2) is 8.18. The number of nitrogens with zero attached hydrogens (tertiary/aromatic N) is 3. The zero-order chi connectivity index (χ0) is 17.7. The van der Waals surface area contributed by atoms with E-state index in [1.54, 1.807) is 19.0 Å². The van der Waals surface area contributed by atoms with Gasteiger partial charge in [-0.3, -0.25) is 0 Å². The molecule has 0 fully saturated rings. The fraction of sp³-hybridized carbons (Fsp3) is 0.667. The van der Waals surface area contributed by atoms with E-state index in [4.69, 9.17) is 15.2 Å². The molecule has 24 heavy (non-hydrogen) atoms. The van der Waals surface area contributed by atoms with Gasteiger partial charge in [0.25, 0.3) is 0 Å². The van der Waals surface area contributed by atoms with E-state index in [-0.39, 0.29) is 12.8 Å². The van der Waals surface area contributed by atoms with Crippen molar-refractivity contribution in [1.29, 1.82) is 0 Å². The van der Waals surface area contributed by atoms with Crippen molar-refractivity contribution in [3.05, 3.63) is 10.6 Å². The topological polar surface area (TPSA) is 98.0 Å². The Labute approximate surface area is 145 Å². The number of aryl methyl sites for hydroxylation is 1. The highest BCUT2D eigenvalue weighted by molar-refractivity contribution is 7.15. The zero-order valence-electron chi connectivity index (χ0n) is 14.3. The lowest BCUT2D eigenvalue weighted by molar-refractivity contribution is -0.00658. The Morgan fingerprint density at radius 3 is 2.71 bits per heavy atom. The number of hydrogen-bond donors (Lipinski definition) is 1. The fourth-order valence-corrected chi connectivity index (χ4v) is 3.60. The van der Waals surface area contributed by atoms with E-state index in [0.717, 1.165) is 36.3 Å². The van der Waals surface area contributed by atoms with Crippen LogP contribution in [0, 0.1) is 0 Å². The van der Waals surface area contributed by atoms with Gasteiger partial charge in [-0.1, -0.05) is 6.92 Å². The molecule has 1 heterocycles. The molecule has 0 spiro atoms. The van der Waals surface area contributed by atoms with Gasteiger partial charge in [0.2, 0.25) is 6.79 Å². The molecule has 2 rings (SSSR count). The minimum absolute atomic E-state index is 0.0503. The largest absolute Gasteiger partial charge is 0.412 e. The van der Waals surface area contributed by atoms with Crippen LogP contribution in [0.2, 0.25) is 0 Å². The van der Waals surface area contributed by atoms with E-state index in [0.29, 0.717) is 11.7 Å². The minimum Gasteiger partial charge on any atom is -0.412 e. The Hall–Kier alpha value is -2.03. The van der Waals surface area contributed by atoms with Gasteiger partial charge in [0.1, 0.15) is 0 Å². The molecular formula is C15H24N4O4S. The molecule has 1 aliphatic carbocycles. The van der Waals surface area contributed by atoms with Gasteiger partial charge in [-0.15, -0.1) is 11.3 Å². The number of nitrogens with two attached hydrogens (primary N) is 1. The fourth-order valence-electron chi connectivity index (χ4n) is 2.65. The molecule has 0 saturated carbocycles. The predicted octanol–water partition coefficient (Wildman–Crippen LogP) is 2.09. The monoisotopic (exact) mass is 356 g/mol. The first kappa shape index (κ1) is 18.3. The van der Waals surface area contributed by atoms with Gasteiger partial charge in [0.15, 0.2) is 5.13 Å². The Bertz CT molecular complexity index is 590. The van der Waals surface area contributed by atoms with Crippen molar-refractivity contribution < 1.29 is 19.1 Å². The van der Waals surface area contributed by atoms with E-state index in [2.05, 4.69) is 4.98 Å². The van der Waals surface area contributed by atoms with E-state index in [1.165, 1.54) is 16.2 Å². The van der Waals surface area contributed by atoms with Crippen LogP contribution in [0.5, 0.6) is 0 Å². The molecule has 0 bridgehead atoms. The summed E-state index contributed by atoms with van der Waals surface area (Å²) in [7, 11) is 3.13. The van der Waals surface area contributed by atoms with Crippen molar-refractivity contribution in [2.24, 2.45) is 0 Å². The molecule has 1 aromatic rings. The summed E-state index contributed by atoms with van der Waals surface area (Å²) in [5.74, 6) is 0. The number of amides is 2. The number of anilines is 1. The first-order valence-electron chi connectivity index (χ1n) is 7.93. The highest BCUT2D eigenvalue weighted by Gasteiger charge is 2.30. The summed E-state index contributed by atoms with van der Waals surface area (Å²) < 4.78 is 9.95. The molecule has 8 nitrogen and oxygen atoms in total. The van der Waals surface area contributed by atoms with Crippen molar-refractivity contribution in [3.63, 3.8) is 0 Å². The van der Waals surface area contributed by atoms with Crippen LogP contribution in [0.4, 0.5) is 14.7 Å². The number of thiazole rings is 1. The number of fused-ring (bicyclic) bond motifs is 1. The molecule has 9 heteroatoms. The van der Waals surface area contributed by atoms with E-state index in [1.807, 2.05) is 6.92 Å². The van der Waals surface area contributed by atoms with Gasteiger partial charge in [-0.25, -0.2) is 14.6 Å². The molecule has 1 unspecified atom stereocenters. The number of aromatic nitrogens is 1. The van der Waals surface area contributed by atoms with Crippen LogP contribution in [0.3, 0.4) is 0 Å². The summed E-state index contributed by atoms with van der Waals surface area (Å²) in [6.07, 6.45) is 2.17. The Balaban J connectivity index is 1.93. The smallest absolute Gasteiger partial charge is 0.412 e. The average molecular weight is 356 g/mol. The van der Waals surface area contributed by atoms with Gasteiger partial charge < -0.3 is 25.0 Å². The van der Waals surface area contributed by atoms with Crippen molar-refractivity contribution in [2.75, 3.05) is 33.2 Å². The molecule has 0 aliphatic heterocycles. The Morgan fingerprint density at radius 1 is 1.33 bits per heavy atom. The van der Waals surface area contributed by atoms with Crippen LogP contribution in [0.25, 0.3) is 0 Å². The average Bonchev–Trinajstić information content (AvgIpc) is 2.91. The second-order valence-corrected chi connectivity index (χ2v) is 6.96. The predicted molar refractivity (Wildman–Crippen MR) is 90.9 cm³/mol. The molecule has 2 N–H and O–H groups in total. The van der Waals surface area contributed by atoms with Crippen LogP contribution in [0.15, 0.2) is 0 Å². The van der Waals surface area contributed by atoms with Crippen LogP contribution in [0.1, 0.15) is 30.3 Å². The lowest BCUT2D eigenvalue weighted by atomic mass is 9.96. The van der Waals surface area contributed by atoms with Crippen LogP contribution < -0.4 is 5.73 Å². The number of carbonyl (C=O) groups excluding carboxylic acids is 2. The number of hydrogen-bond acceptors (Lipinski definition) is 7. The number of carbonyl (C=O) groups is 2. The molecule has 2 amide bonds. The normalized spacial score (nSPS) is 16.2. The molecular weight excluding hydrogens is 332 g/mol. The van der Waals surface area contributed by atoms with Crippen molar-refractivity contribution >= 4 is 28.7 Å². The molecule has 0 aromatic carbocycles. The minimum atomic E-state index is -0.549. The van der Waals surface area contributed by atoms with Gasteiger partial charge >= 0.3 is 12.2 Å². The van der Waals surface area contributed by atoms with Gasteiger partial charge in [-0.2, -0.15) is 0 Å². The third-order valence-corrected chi connectivity index (χ3v) is 4.75. The number of nitrogen functional groups attached to an aromatic ring is 1. The summed E-state index contributed by atoms with van der Waals surface area (Å²) >= 11 is 1.48. The highest BCUT2D eigenvalue weighted by atomic mass is 32.1. The summed E-state index contributed by atoms with van der Waals surface area (Å²) in [6, 6.07) is 0.0503. The lowest BCUT2D eigenvalue weighted by Gasteiger charge is -2.32. The summed E-state index contributed by atoms with van der Waals surface area (Å²) in [5.41, 5.74) is 6.81. The van der Waals surface area contributed by atoms with Gasteiger partial charge in [0.05, 0.1) is 5.69 Å². The number of ether oxygens (including phenoxy) is 2. The van der Waals surface area contributed by atoms with E-state index < -0.39 is 12.2 Å². The molecule has 134 valence electrons. The maximum atomic E-state index is 12.4. The van der Waals surface area contributed by atoms with Crippen LogP contribution >= 0.6 is 11.3 Å². The molecule has 1 atom stereocenters. The van der Waals surface area contributed by atoms with Crippen LogP contribution in [-0.4, -0.2) is 60.4 Å². The lowest BCUT2D eigenvalue weighted by Crippen LogP contribution is -2.44. The van der Waals surface area contributed by atoms with E-state index in [9.17, 15) is 9.59 Å². The second-order valence-electron chi connectivity index (χ2n) is 5.84. The molecule has 0 radical (unpaired) electrons. The quantitative estimate of drug-likeness (QED) is 0.811. The van der Waals surface area contributed by atoms with Gasteiger partial charge in [-0.05, 0) is 19.3 Å². The summed E-state index contributed by atoms with van der Waals surface area (Å²) in [5, 5.41) is 0.570. The van der Waals surface area contributed by atoms with Gasteiger partial charge in [0, 0.05) is 38.0 Å². The Kier molecular flexibility index (Phi) is 6.24. The zero-order valence-corrected chi connectivity index (χ0v) is 15.1. The first-order chi connectivity index (χ1) is 11.4.